The zero-order chi connectivity index (χ0) is 21.0. The number of hydrogen-bond acceptors (Lipinski definition) is 4. The van der Waals surface area contributed by atoms with Gasteiger partial charge in [-0.05, 0) is 31.5 Å². The van der Waals surface area contributed by atoms with Gasteiger partial charge in [-0.25, -0.2) is 14.4 Å². The summed E-state index contributed by atoms with van der Waals surface area (Å²) in [5, 5.41) is 0.292. The number of nitrogens with zero attached hydrogens (tertiary/aromatic N) is 2. The maximum absolute atomic E-state index is 14.9. The number of rotatable bonds is 6. The Morgan fingerprint density at radius 2 is 1.90 bits per heavy atom. The van der Waals surface area contributed by atoms with E-state index in [1.807, 2.05) is 44.2 Å². The highest BCUT2D eigenvalue weighted by Gasteiger charge is 2.29. The van der Waals surface area contributed by atoms with Crippen LogP contribution in [0.4, 0.5) is 4.39 Å². The van der Waals surface area contributed by atoms with Crippen LogP contribution in [0.3, 0.4) is 0 Å². The van der Waals surface area contributed by atoms with Gasteiger partial charge in [-0.2, -0.15) is 0 Å². The Bertz CT molecular complexity index is 1020. The molecule has 0 aliphatic heterocycles. The summed E-state index contributed by atoms with van der Waals surface area (Å²) >= 11 is 5.94. The average Bonchev–Trinajstić information content (AvgIpc) is 2.72. The fraction of sp³-hybridized carbons (Fsp3) is 0.261. The Labute approximate surface area is 174 Å². The lowest BCUT2D eigenvalue weighted by molar-refractivity contribution is -0.142. The van der Waals surface area contributed by atoms with Crippen molar-refractivity contribution in [3.8, 4) is 22.6 Å². The molecule has 3 aromatic rings. The standard InChI is InChI=1S/C23H22ClFN2O2/c1-4-8-18(23(28)29-3)20-14(2)26-22(15-9-6-5-7-10-15)27-21(20)17-12-11-16(24)13-19(17)25/h5-7,9-13,18H,4,8H2,1-3H3. The van der Waals surface area contributed by atoms with Crippen molar-refractivity contribution in [3.05, 3.63) is 70.6 Å². The molecular formula is C23H22ClFN2O2. The molecule has 0 bridgehead atoms. The topological polar surface area (TPSA) is 52.1 Å². The van der Waals surface area contributed by atoms with Gasteiger partial charge in [-0.3, -0.25) is 4.79 Å². The minimum Gasteiger partial charge on any atom is -0.469 e. The van der Waals surface area contributed by atoms with Crippen molar-refractivity contribution >= 4 is 17.6 Å². The summed E-state index contributed by atoms with van der Waals surface area (Å²) in [5.74, 6) is -1.01. The SMILES string of the molecule is CCCC(C(=O)OC)c1c(C)nc(-c2ccccc2)nc1-c1ccc(Cl)cc1F. The Kier molecular flexibility index (Phi) is 6.60. The van der Waals surface area contributed by atoms with Crippen molar-refractivity contribution in [2.24, 2.45) is 0 Å². The van der Waals surface area contributed by atoms with Gasteiger partial charge in [-0.15, -0.1) is 0 Å². The quantitative estimate of drug-likeness (QED) is 0.468. The molecule has 0 aliphatic carbocycles. The van der Waals surface area contributed by atoms with Crippen molar-refractivity contribution in [2.45, 2.75) is 32.6 Å². The summed E-state index contributed by atoms with van der Waals surface area (Å²) in [5.41, 5.74) is 2.67. The lowest BCUT2D eigenvalue weighted by Gasteiger charge is -2.21. The largest absolute Gasteiger partial charge is 0.469 e. The van der Waals surface area contributed by atoms with Gasteiger partial charge in [-0.1, -0.05) is 55.3 Å². The molecule has 1 atom stereocenters. The molecule has 1 unspecified atom stereocenters. The lowest BCUT2D eigenvalue weighted by Crippen LogP contribution is -2.18. The van der Waals surface area contributed by atoms with E-state index in [2.05, 4.69) is 9.97 Å². The van der Waals surface area contributed by atoms with Gasteiger partial charge in [0, 0.05) is 27.4 Å². The van der Waals surface area contributed by atoms with Crippen LogP contribution in [0.15, 0.2) is 48.5 Å². The van der Waals surface area contributed by atoms with Crippen LogP contribution in [-0.2, 0) is 9.53 Å². The van der Waals surface area contributed by atoms with Crippen molar-refractivity contribution in [1.82, 2.24) is 9.97 Å². The number of esters is 1. The third kappa shape index (κ3) is 4.46. The number of halogens is 2. The van der Waals surface area contributed by atoms with Crippen molar-refractivity contribution < 1.29 is 13.9 Å². The van der Waals surface area contributed by atoms with Gasteiger partial charge in [0.2, 0.25) is 0 Å². The van der Waals surface area contributed by atoms with Gasteiger partial charge in [0.1, 0.15) is 5.82 Å². The zero-order valence-electron chi connectivity index (χ0n) is 16.6. The summed E-state index contributed by atoms with van der Waals surface area (Å²) in [4.78, 5) is 21.9. The Balaban J connectivity index is 2.30. The Morgan fingerprint density at radius 1 is 1.17 bits per heavy atom. The molecule has 29 heavy (non-hydrogen) atoms. The monoisotopic (exact) mass is 412 g/mol. The molecule has 4 nitrogen and oxygen atoms in total. The number of aryl methyl sites for hydroxylation is 1. The zero-order valence-corrected chi connectivity index (χ0v) is 17.3. The average molecular weight is 413 g/mol. The second-order valence-electron chi connectivity index (χ2n) is 6.75. The minimum absolute atomic E-state index is 0.275. The fourth-order valence-electron chi connectivity index (χ4n) is 3.41. The van der Waals surface area contributed by atoms with Crippen LogP contribution >= 0.6 is 11.6 Å². The molecule has 0 saturated carbocycles. The molecule has 6 heteroatoms. The van der Waals surface area contributed by atoms with Gasteiger partial charge in [0.25, 0.3) is 0 Å². The number of benzene rings is 2. The summed E-state index contributed by atoms with van der Waals surface area (Å²) < 4.78 is 19.9. The van der Waals surface area contributed by atoms with E-state index in [9.17, 15) is 9.18 Å². The number of hydrogen-bond donors (Lipinski definition) is 0. The van der Waals surface area contributed by atoms with Crippen LogP contribution < -0.4 is 0 Å². The molecule has 150 valence electrons. The molecule has 2 aromatic carbocycles. The summed E-state index contributed by atoms with van der Waals surface area (Å²) in [6, 6.07) is 13.9. The fourth-order valence-corrected chi connectivity index (χ4v) is 3.57. The Hall–Kier alpha value is -2.79. The number of ether oxygens (including phenoxy) is 1. The molecule has 0 spiro atoms. The molecule has 0 radical (unpaired) electrons. The molecule has 0 aliphatic rings. The molecule has 0 amide bonds. The molecule has 1 heterocycles. The highest BCUT2D eigenvalue weighted by molar-refractivity contribution is 6.30. The van der Waals surface area contributed by atoms with E-state index < -0.39 is 11.7 Å². The Morgan fingerprint density at radius 3 is 2.52 bits per heavy atom. The summed E-state index contributed by atoms with van der Waals surface area (Å²) in [6.45, 7) is 3.79. The molecule has 0 saturated heterocycles. The predicted octanol–water partition coefficient (Wildman–Crippen LogP) is 5.97. The van der Waals surface area contributed by atoms with Crippen LogP contribution in [0.2, 0.25) is 5.02 Å². The van der Waals surface area contributed by atoms with E-state index >= 15 is 0 Å². The highest BCUT2D eigenvalue weighted by atomic mass is 35.5. The second kappa shape index (κ2) is 9.14. The summed E-state index contributed by atoms with van der Waals surface area (Å²) in [6.07, 6.45) is 1.30. The van der Waals surface area contributed by atoms with Crippen LogP contribution in [0.1, 0.15) is 36.9 Å². The molecule has 1 aromatic heterocycles. The minimum atomic E-state index is -0.583. The number of carbonyl (C=O) groups excluding carboxylic acids is 1. The van der Waals surface area contributed by atoms with Gasteiger partial charge in [0.05, 0.1) is 18.7 Å². The lowest BCUT2D eigenvalue weighted by atomic mass is 9.89. The summed E-state index contributed by atoms with van der Waals surface area (Å²) in [7, 11) is 1.35. The van der Waals surface area contributed by atoms with E-state index in [0.717, 1.165) is 12.0 Å². The first kappa shape index (κ1) is 20.9. The van der Waals surface area contributed by atoms with E-state index in [0.29, 0.717) is 34.2 Å². The second-order valence-corrected chi connectivity index (χ2v) is 7.19. The normalized spacial score (nSPS) is 11.9. The van der Waals surface area contributed by atoms with Crippen molar-refractivity contribution in [2.75, 3.05) is 7.11 Å². The van der Waals surface area contributed by atoms with Gasteiger partial charge in [0.15, 0.2) is 5.82 Å². The predicted molar refractivity (Wildman–Crippen MR) is 112 cm³/mol. The third-order valence-corrected chi connectivity index (χ3v) is 5.00. The first-order valence-corrected chi connectivity index (χ1v) is 9.81. The van der Waals surface area contributed by atoms with E-state index in [-0.39, 0.29) is 11.5 Å². The first-order valence-electron chi connectivity index (χ1n) is 9.43. The maximum atomic E-state index is 14.9. The first-order chi connectivity index (χ1) is 14.0. The van der Waals surface area contributed by atoms with Crippen molar-refractivity contribution in [3.63, 3.8) is 0 Å². The molecule has 3 rings (SSSR count). The van der Waals surface area contributed by atoms with Gasteiger partial charge < -0.3 is 4.74 Å². The highest BCUT2D eigenvalue weighted by Crippen LogP contribution is 2.36. The molecule has 0 N–H and O–H groups in total. The number of aromatic nitrogens is 2. The van der Waals surface area contributed by atoms with Gasteiger partial charge >= 0.3 is 5.97 Å². The molecule has 0 fully saturated rings. The van der Waals surface area contributed by atoms with E-state index in [4.69, 9.17) is 16.3 Å². The van der Waals surface area contributed by atoms with Crippen LogP contribution in [0, 0.1) is 12.7 Å². The van der Waals surface area contributed by atoms with Crippen LogP contribution in [0.25, 0.3) is 22.6 Å². The smallest absolute Gasteiger partial charge is 0.313 e. The van der Waals surface area contributed by atoms with Crippen LogP contribution in [-0.4, -0.2) is 23.0 Å². The van der Waals surface area contributed by atoms with E-state index in [1.54, 1.807) is 12.1 Å². The maximum Gasteiger partial charge on any atom is 0.313 e. The van der Waals surface area contributed by atoms with Crippen molar-refractivity contribution in [1.29, 1.82) is 0 Å². The third-order valence-electron chi connectivity index (χ3n) is 4.77. The molecular weight excluding hydrogens is 391 g/mol. The number of methoxy groups -OCH3 is 1. The van der Waals surface area contributed by atoms with Crippen LogP contribution in [0.5, 0.6) is 0 Å². The van der Waals surface area contributed by atoms with E-state index in [1.165, 1.54) is 13.2 Å². The number of carbonyl (C=O) groups is 1.